The van der Waals surface area contributed by atoms with Crippen LogP contribution in [0.15, 0.2) is 0 Å². The predicted molar refractivity (Wildman–Crippen MR) is 45.1 cm³/mol. The number of hydrogen-bond acceptors (Lipinski definition) is 4. The SMILES string of the molecule is CO[Si](CCOCC1CO1)OC. The molecular formula is C7H15O4Si. The molecule has 0 aromatic heterocycles. The summed E-state index contributed by atoms with van der Waals surface area (Å²) < 4.78 is 20.5. The third-order valence-corrected chi connectivity index (χ3v) is 3.14. The minimum Gasteiger partial charge on any atom is -0.397 e. The molecule has 1 fully saturated rings. The molecule has 1 heterocycles. The molecule has 0 saturated carbocycles. The zero-order valence-electron chi connectivity index (χ0n) is 7.54. The van der Waals surface area contributed by atoms with Crippen molar-refractivity contribution in [1.29, 1.82) is 0 Å². The van der Waals surface area contributed by atoms with Gasteiger partial charge in [0.15, 0.2) is 0 Å². The van der Waals surface area contributed by atoms with Crippen LogP contribution in [0.4, 0.5) is 0 Å². The molecule has 5 heteroatoms. The van der Waals surface area contributed by atoms with Gasteiger partial charge in [0.25, 0.3) is 0 Å². The maximum atomic E-state index is 5.33. The monoisotopic (exact) mass is 191 g/mol. The lowest BCUT2D eigenvalue weighted by atomic mass is 10.5. The van der Waals surface area contributed by atoms with Crippen molar-refractivity contribution in [1.82, 2.24) is 0 Å². The molecule has 0 spiro atoms. The Morgan fingerprint density at radius 2 is 2.08 bits per heavy atom. The second-order valence-electron chi connectivity index (χ2n) is 2.56. The second kappa shape index (κ2) is 5.66. The molecule has 12 heavy (non-hydrogen) atoms. The zero-order chi connectivity index (χ0) is 8.81. The summed E-state index contributed by atoms with van der Waals surface area (Å²) in [5.41, 5.74) is 0. The van der Waals surface area contributed by atoms with Gasteiger partial charge in [-0.25, -0.2) is 0 Å². The topological polar surface area (TPSA) is 40.2 Å². The van der Waals surface area contributed by atoms with Crippen LogP contribution < -0.4 is 0 Å². The Bertz CT molecular complexity index is 114. The zero-order valence-corrected chi connectivity index (χ0v) is 8.54. The molecule has 1 radical (unpaired) electrons. The van der Waals surface area contributed by atoms with Gasteiger partial charge in [-0.1, -0.05) is 0 Å². The average Bonchev–Trinajstić information content (AvgIpc) is 2.89. The Hall–Kier alpha value is 0.0569. The van der Waals surface area contributed by atoms with Gasteiger partial charge in [0, 0.05) is 26.9 Å². The summed E-state index contributed by atoms with van der Waals surface area (Å²) in [6, 6.07) is 0.865. The predicted octanol–water partition coefficient (Wildman–Crippen LogP) is 0.183. The van der Waals surface area contributed by atoms with Crippen molar-refractivity contribution in [3.05, 3.63) is 0 Å². The van der Waals surface area contributed by atoms with E-state index in [1.54, 1.807) is 14.2 Å². The van der Waals surface area contributed by atoms with E-state index in [0.717, 1.165) is 12.7 Å². The van der Waals surface area contributed by atoms with Crippen LogP contribution in [0.2, 0.25) is 6.04 Å². The number of rotatable bonds is 7. The summed E-state index contributed by atoms with van der Waals surface area (Å²) >= 11 is 0. The minimum absolute atomic E-state index is 0.353. The van der Waals surface area contributed by atoms with Crippen molar-refractivity contribution in [3.63, 3.8) is 0 Å². The van der Waals surface area contributed by atoms with Gasteiger partial charge in [-0.15, -0.1) is 0 Å². The fraction of sp³-hybridized carbons (Fsp3) is 1.00. The van der Waals surface area contributed by atoms with Crippen LogP contribution in [0, 0.1) is 0 Å². The van der Waals surface area contributed by atoms with Crippen LogP contribution in [0.1, 0.15) is 0 Å². The van der Waals surface area contributed by atoms with Gasteiger partial charge in [0.05, 0.1) is 13.2 Å². The van der Waals surface area contributed by atoms with Gasteiger partial charge in [-0.3, -0.25) is 0 Å². The minimum atomic E-state index is -1.07. The number of epoxide rings is 1. The third-order valence-electron chi connectivity index (χ3n) is 1.61. The van der Waals surface area contributed by atoms with E-state index in [1.165, 1.54) is 0 Å². The van der Waals surface area contributed by atoms with Crippen LogP contribution in [-0.2, 0) is 18.3 Å². The van der Waals surface area contributed by atoms with E-state index in [0.29, 0.717) is 19.3 Å². The van der Waals surface area contributed by atoms with Gasteiger partial charge >= 0.3 is 9.28 Å². The molecule has 0 amide bonds. The molecule has 1 unspecified atom stereocenters. The van der Waals surface area contributed by atoms with Crippen LogP contribution in [-0.4, -0.2) is 49.4 Å². The largest absolute Gasteiger partial charge is 0.397 e. The van der Waals surface area contributed by atoms with Gasteiger partial charge in [-0.05, 0) is 0 Å². The maximum Gasteiger partial charge on any atom is 0.386 e. The first-order valence-corrected chi connectivity index (χ1v) is 5.52. The summed E-state index contributed by atoms with van der Waals surface area (Å²) in [4.78, 5) is 0. The summed E-state index contributed by atoms with van der Waals surface area (Å²) in [6.07, 6.45) is 0.353. The van der Waals surface area contributed by atoms with Gasteiger partial charge in [0.2, 0.25) is 0 Å². The summed E-state index contributed by atoms with van der Waals surface area (Å²) in [5.74, 6) is 0. The summed E-state index contributed by atoms with van der Waals surface area (Å²) in [6.45, 7) is 2.27. The van der Waals surface area contributed by atoms with Crippen molar-refractivity contribution in [2.24, 2.45) is 0 Å². The number of hydrogen-bond donors (Lipinski definition) is 0. The van der Waals surface area contributed by atoms with E-state index in [2.05, 4.69) is 0 Å². The Kier molecular flexibility index (Phi) is 4.78. The van der Waals surface area contributed by atoms with Crippen molar-refractivity contribution in [2.75, 3.05) is 34.0 Å². The summed E-state index contributed by atoms with van der Waals surface area (Å²) in [5, 5.41) is 0. The van der Waals surface area contributed by atoms with E-state index in [4.69, 9.17) is 18.3 Å². The maximum absolute atomic E-state index is 5.33. The molecule has 0 aromatic rings. The molecule has 0 aromatic carbocycles. The van der Waals surface area contributed by atoms with E-state index in [9.17, 15) is 0 Å². The number of ether oxygens (including phenoxy) is 2. The fourth-order valence-electron chi connectivity index (χ4n) is 0.822. The molecule has 1 saturated heterocycles. The first kappa shape index (κ1) is 10.1. The van der Waals surface area contributed by atoms with Crippen LogP contribution in [0.25, 0.3) is 0 Å². The van der Waals surface area contributed by atoms with E-state index in [1.807, 2.05) is 0 Å². The highest BCUT2D eigenvalue weighted by Crippen LogP contribution is 2.08. The Morgan fingerprint density at radius 1 is 1.42 bits per heavy atom. The lowest BCUT2D eigenvalue weighted by Gasteiger charge is -2.08. The molecule has 0 N–H and O–H groups in total. The second-order valence-corrected chi connectivity index (χ2v) is 4.62. The van der Waals surface area contributed by atoms with Gasteiger partial charge < -0.3 is 18.3 Å². The van der Waals surface area contributed by atoms with Gasteiger partial charge in [0.1, 0.15) is 6.10 Å². The quantitative estimate of drug-likeness (QED) is 0.327. The first-order chi connectivity index (χ1) is 5.86. The van der Waals surface area contributed by atoms with Crippen LogP contribution in [0.5, 0.6) is 0 Å². The van der Waals surface area contributed by atoms with E-state index >= 15 is 0 Å². The normalized spacial score (nSPS) is 21.8. The van der Waals surface area contributed by atoms with Crippen molar-refractivity contribution in [3.8, 4) is 0 Å². The standard InChI is InChI=1S/C7H15O4Si/c1-8-12(9-2)4-3-10-5-7-6-11-7/h7H,3-6H2,1-2H3. The highest BCUT2D eigenvalue weighted by atomic mass is 28.3. The molecule has 1 aliphatic rings. The van der Waals surface area contributed by atoms with Crippen molar-refractivity contribution < 1.29 is 18.3 Å². The molecule has 1 rings (SSSR count). The lowest BCUT2D eigenvalue weighted by molar-refractivity contribution is 0.122. The Labute approximate surface area is 74.6 Å². The molecule has 1 atom stereocenters. The molecule has 0 aliphatic carbocycles. The highest BCUT2D eigenvalue weighted by molar-refractivity contribution is 6.44. The molecule has 71 valence electrons. The first-order valence-electron chi connectivity index (χ1n) is 4.00. The average molecular weight is 191 g/mol. The summed E-state index contributed by atoms with van der Waals surface area (Å²) in [7, 11) is 2.27. The molecule has 4 nitrogen and oxygen atoms in total. The Balaban J connectivity index is 1.85. The highest BCUT2D eigenvalue weighted by Gasteiger charge is 2.22. The fourth-order valence-corrected chi connectivity index (χ4v) is 1.71. The Morgan fingerprint density at radius 3 is 2.58 bits per heavy atom. The lowest BCUT2D eigenvalue weighted by Crippen LogP contribution is -2.21. The smallest absolute Gasteiger partial charge is 0.386 e. The van der Waals surface area contributed by atoms with Crippen molar-refractivity contribution >= 4 is 9.28 Å². The van der Waals surface area contributed by atoms with Crippen LogP contribution in [0.3, 0.4) is 0 Å². The molecule has 1 aliphatic heterocycles. The van der Waals surface area contributed by atoms with Gasteiger partial charge in [-0.2, -0.15) is 0 Å². The van der Waals surface area contributed by atoms with Crippen molar-refractivity contribution in [2.45, 2.75) is 12.1 Å². The molecular weight excluding hydrogens is 176 g/mol. The molecule has 0 bridgehead atoms. The van der Waals surface area contributed by atoms with Crippen LogP contribution >= 0.6 is 0 Å². The van der Waals surface area contributed by atoms with E-state index < -0.39 is 9.28 Å². The van der Waals surface area contributed by atoms with E-state index in [-0.39, 0.29) is 0 Å². The third kappa shape index (κ3) is 4.17.